The molecule has 96 valence electrons. The molecule has 0 radical (unpaired) electrons. The number of halogens is 1. The normalized spacial score (nSPS) is 10.2. The highest BCUT2D eigenvalue weighted by Gasteiger charge is 2.08. The van der Waals surface area contributed by atoms with E-state index in [4.69, 9.17) is 22.6 Å². The van der Waals surface area contributed by atoms with E-state index in [1.54, 1.807) is 12.1 Å². The third-order valence-electron chi connectivity index (χ3n) is 2.84. The molecule has 6 heteroatoms. The molecule has 0 unspecified atom stereocenters. The number of aryl methyl sites for hydroxylation is 1. The number of benzene rings is 1. The number of nitrogens with zero attached hydrogens (tertiary/aromatic N) is 3. The van der Waals surface area contributed by atoms with Gasteiger partial charge in [0.2, 0.25) is 0 Å². The second-order valence-corrected chi connectivity index (χ2v) is 4.49. The number of rotatable bonds is 2. The highest BCUT2D eigenvalue weighted by atomic mass is 35.5. The van der Waals surface area contributed by atoms with E-state index >= 15 is 0 Å². The van der Waals surface area contributed by atoms with E-state index in [2.05, 4.69) is 11.1 Å². The molecule has 0 aliphatic rings. The lowest BCUT2D eigenvalue weighted by molar-refractivity contribution is 0.736. The van der Waals surface area contributed by atoms with Gasteiger partial charge in [-0.05, 0) is 30.2 Å². The van der Waals surface area contributed by atoms with Gasteiger partial charge in [0.05, 0.1) is 24.5 Å². The lowest BCUT2D eigenvalue weighted by atomic mass is 10.1. The van der Waals surface area contributed by atoms with E-state index in [0.29, 0.717) is 12.1 Å². The Bertz CT molecular complexity index is 730. The Morgan fingerprint density at radius 1 is 1.53 bits per heavy atom. The summed E-state index contributed by atoms with van der Waals surface area (Å²) in [4.78, 5) is 15.7. The monoisotopic (exact) mass is 274 g/mol. The third-order valence-corrected chi connectivity index (χ3v) is 3.14. The number of hydrogen-bond donors (Lipinski definition) is 1. The van der Waals surface area contributed by atoms with Gasteiger partial charge in [0.1, 0.15) is 5.69 Å². The second-order valence-electron chi connectivity index (χ2n) is 4.14. The second kappa shape index (κ2) is 5.12. The van der Waals surface area contributed by atoms with Crippen molar-refractivity contribution in [1.82, 2.24) is 9.55 Å². The van der Waals surface area contributed by atoms with Gasteiger partial charge in [0.15, 0.2) is 5.15 Å². The summed E-state index contributed by atoms with van der Waals surface area (Å²) in [5, 5.41) is 8.82. The minimum Gasteiger partial charge on any atom is -0.392 e. The van der Waals surface area contributed by atoms with E-state index in [0.717, 1.165) is 11.1 Å². The molecule has 1 aromatic carbocycles. The van der Waals surface area contributed by atoms with Gasteiger partial charge < -0.3 is 5.73 Å². The maximum absolute atomic E-state index is 11.9. The van der Waals surface area contributed by atoms with Crippen LogP contribution in [0.3, 0.4) is 0 Å². The Balaban J connectivity index is 2.40. The standard InChI is InChI=1S/C13H11ClN4O/c1-8-4-9(5-15)2-3-10(8)6-18-7-17-12(14)11(16)13(18)19/h2-4,7H,6,16H2,1H3. The quantitative estimate of drug-likeness (QED) is 0.845. The predicted octanol–water partition coefficient (Wildman–Crippen LogP) is 1.71. The van der Waals surface area contributed by atoms with E-state index in [1.165, 1.54) is 10.9 Å². The van der Waals surface area contributed by atoms with E-state index < -0.39 is 0 Å². The largest absolute Gasteiger partial charge is 0.392 e. The molecule has 2 N–H and O–H groups in total. The number of nitrogens with two attached hydrogens (primary N) is 1. The minimum absolute atomic E-state index is 0.0119. The van der Waals surface area contributed by atoms with Crippen LogP contribution in [0.2, 0.25) is 5.15 Å². The first-order valence-electron chi connectivity index (χ1n) is 5.53. The molecule has 0 fully saturated rings. The summed E-state index contributed by atoms with van der Waals surface area (Å²) < 4.78 is 1.38. The van der Waals surface area contributed by atoms with Crippen LogP contribution in [-0.2, 0) is 6.54 Å². The molecule has 0 aliphatic heterocycles. The van der Waals surface area contributed by atoms with E-state index in [-0.39, 0.29) is 16.4 Å². The Labute approximate surface area is 114 Å². The number of hydrogen-bond acceptors (Lipinski definition) is 4. The van der Waals surface area contributed by atoms with Crippen molar-refractivity contribution in [2.45, 2.75) is 13.5 Å². The van der Waals surface area contributed by atoms with Crippen molar-refractivity contribution in [3.63, 3.8) is 0 Å². The molecule has 0 bridgehead atoms. The molecule has 0 atom stereocenters. The molecule has 1 heterocycles. The molecular formula is C13H11ClN4O. The minimum atomic E-state index is -0.372. The first kappa shape index (κ1) is 13.1. The SMILES string of the molecule is Cc1cc(C#N)ccc1Cn1cnc(Cl)c(N)c1=O. The summed E-state index contributed by atoms with van der Waals surface area (Å²) in [7, 11) is 0. The Morgan fingerprint density at radius 2 is 2.26 bits per heavy atom. The van der Waals surface area contributed by atoms with E-state index in [9.17, 15) is 4.79 Å². The average molecular weight is 275 g/mol. The van der Waals surface area contributed by atoms with Gasteiger partial charge in [-0.3, -0.25) is 9.36 Å². The van der Waals surface area contributed by atoms with Crippen LogP contribution in [0.4, 0.5) is 5.69 Å². The Hall–Kier alpha value is -2.32. The third kappa shape index (κ3) is 2.59. The van der Waals surface area contributed by atoms with Gasteiger partial charge in [-0.1, -0.05) is 17.7 Å². The van der Waals surface area contributed by atoms with Crippen LogP contribution in [0, 0.1) is 18.3 Å². The van der Waals surface area contributed by atoms with Crippen LogP contribution in [-0.4, -0.2) is 9.55 Å². The van der Waals surface area contributed by atoms with E-state index in [1.807, 2.05) is 13.0 Å². The fourth-order valence-corrected chi connectivity index (χ4v) is 1.85. The van der Waals surface area contributed by atoms with Gasteiger partial charge in [-0.2, -0.15) is 5.26 Å². The fourth-order valence-electron chi connectivity index (χ4n) is 1.72. The zero-order valence-corrected chi connectivity index (χ0v) is 11.0. The molecular weight excluding hydrogens is 264 g/mol. The lowest BCUT2D eigenvalue weighted by Crippen LogP contribution is -2.24. The Morgan fingerprint density at radius 3 is 2.89 bits per heavy atom. The summed E-state index contributed by atoms with van der Waals surface area (Å²) in [6.45, 7) is 2.22. The Kier molecular flexibility index (Phi) is 3.54. The molecule has 0 saturated carbocycles. The highest BCUT2D eigenvalue weighted by Crippen LogP contribution is 2.13. The summed E-state index contributed by atoms with van der Waals surface area (Å²) in [5.41, 5.74) is 7.55. The first-order chi connectivity index (χ1) is 9.02. The van der Waals surface area contributed by atoms with Crippen LogP contribution < -0.4 is 11.3 Å². The summed E-state index contributed by atoms with van der Waals surface area (Å²) >= 11 is 5.67. The van der Waals surface area contributed by atoms with Crippen molar-refractivity contribution >= 4 is 17.3 Å². The maximum Gasteiger partial charge on any atom is 0.278 e. The molecule has 1 aromatic heterocycles. The smallest absolute Gasteiger partial charge is 0.278 e. The topological polar surface area (TPSA) is 84.7 Å². The van der Waals surface area contributed by atoms with Crippen LogP contribution in [0.25, 0.3) is 0 Å². The van der Waals surface area contributed by atoms with Crippen molar-refractivity contribution in [2.75, 3.05) is 5.73 Å². The van der Waals surface area contributed by atoms with Crippen LogP contribution >= 0.6 is 11.6 Å². The van der Waals surface area contributed by atoms with Gasteiger partial charge in [-0.25, -0.2) is 4.98 Å². The van der Waals surface area contributed by atoms with Gasteiger partial charge in [0.25, 0.3) is 5.56 Å². The van der Waals surface area contributed by atoms with Crippen molar-refractivity contribution in [3.8, 4) is 6.07 Å². The molecule has 0 saturated heterocycles. The molecule has 5 nitrogen and oxygen atoms in total. The lowest BCUT2D eigenvalue weighted by Gasteiger charge is -2.09. The van der Waals surface area contributed by atoms with Crippen LogP contribution in [0.15, 0.2) is 29.3 Å². The zero-order chi connectivity index (χ0) is 14.0. The van der Waals surface area contributed by atoms with Gasteiger partial charge >= 0.3 is 0 Å². The van der Waals surface area contributed by atoms with Crippen molar-refractivity contribution < 1.29 is 0 Å². The molecule has 0 spiro atoms. The number of nitriles is 1. The number of anilines is 1. The fraction of sp³-hybridized carbons (Fsp3) is 0.154. The van der Waals surface area contributed by atoms with Gasteiger partial charge in [0, 0.05) is 0 Å². The van der Waals surface area contributed by atoms with Gasteiger partial charge in [-0.15, -0.1) is 0 Å². The highest BCUT2D eigenvalue weighted by molar-refractivity contribution is 6.31. The van der Waals surface area contributed by atoms with Crippen molar-refractivity contribution in [2.24, 2.45) is 0 Å². The van der Waals surface area contributed by atoms with Crippen molar-refractivity contribution in [1.29, 1.82) is 5.26 Å². The number of nitrogen functional groups attached to an aromatic ring is 1. The molecule has 0 aliphatic carbocycles. The molecule has 0 amide bonds. The van der Waals surface area contributed by atoms with Crippen molar-refractivity contribution in [3.05, 3.63) is 56.7 Å². The molecule has 19 heavy (non-hydrogen) atoms. The van der Waals surface area contributed by atoms with Crippen LogP contribution in [0.1, 0.15) is 16.7 Å². The summed E-state index contributed by atoms with van der Waals surface area (Å²) in [5.74, 6) is 0. The average Bonchev–Trinajstić information content (AvgIpc) is 2.41. The zero-order valence-electron chi connectivity index (χ0n) is 10.2. The summed E-state index contributed by atoms with van der Waals surface area (Å²) in [6.07, 6.45) is 1.36. The first-order valence-corrected chi connectivity index (χ1v) is 5.90. The predicted molar refractivity (Wildman–Crippen MR) is 72.9 cm³/mol. The maximum atomic E-state index is 11.9. The molecule has 2 rings (SSSR count). The molecule has 2 aromatic rings. The number of aromatic nitrogens is 2. The van der Waals surface area contributed by atoms with Crippen LogP contribution in [0.5, 0.6) is 0 Å². The summed E-state index contributed by atoms with van der Waals surface area (Å²) in [6, 6.07) is 7.36.